The van der Waals surface area contributed by atoms with Crippen LogP contribution in [0.5, 0.6) is 5.75 Å². The first-order chi connectivity index (χ1) is 8.04. The van der Waals surface area contributed by atoms with E-state index in [-0.39, 0.29) is 17.6 Å². The van der Waals surface area contributed by atoms with E-state index < -0.39 is 0 Å². The second kappa shape index (κ2) is 6.61. The number of carbonyl (C=O) groups is 1. The summed E-state index contributed by atoms with van der Waals surface area (Å²) in [5.74, 6) is -0.190. The maximum Gasteiger partial charge on any atom is 0.228 e. The lowest BCUT2D eigenvalue weighted by Crippen LogP contribution is -2.30. The molecule has 1 amide bonds. The topological polar surface area (TPSA) is 61.4 Å². The molecule has 0 spiro atoms. The molecule has 0 heterocycles. The SMILES string of the molecule is CCNCC(C)C(=O)Nc1cc(Br)ccc1O. The predicted octanol–water partition coefficient (Wildman–Crippen LogP) is 2.34. The highest BCUT2D eigenvalue weighted by molar-refractivity contribution is 9.10. The number of halogens is 1. The van der Waals surface area contributed by atoms with Crippen molar-refractivity contribution in [3.05, 3.63) is 22.7 Å². The summed E-state index contributed by atoms with van der Waals surface area (Å²) in [7, 11) is 0. The molecule has 0 saturated carbocycles. The van der Waals surface area contributed by atoms with E-state index in [4.69, 9.17) is 0 Å². The minimum atomic E-state index is -0.145. The third-order valence-electron chi connectivity index (χ3n) is 2.36. The summed E-state index contributed by atoms with van der Waals surface area (Å²) in [6, 6.07) is 4.93. The fourth-order valence-electron chi connectivity index (χ4n) is 1.32. The number of hydrogen-bond donors (Lipinski definition) is 3. The Balaban J connectivity index is 2.64. The van der Waals surface area contributed by atoms with Crippen LogP contribution in [-0.4, -0.2) is 24.1 Å². The molecule has 0 fully saturated rings. The van der Waals surface area contributed by atoms with E-state index in [0.29, 0.717) is 12.2 Å². The third kappa shape index (κ3) is 4.36. The molecular formula is C12H17BrN2O2. The zero-order valence-corrected chi connectivity index (χ0v) is 11.5. The van der Waals surface area contributed by atoms with Crippen LogP contribution in [0.1, 0.15) is 13.8 Å². The van der Waals surface area contributed by atoms with Crippen LogP contribution in [0.25, 0.3) is 0 Å². The lowest BCUT2D eigenvalue weighted by atomic mass is 10.1. The molecule has 0 bridgehead atoms. The molecule has 1 unspecified atom stereocenters. The van der Waals surface area contributed by atoms with E-state index >= 15 is 0 Å². The first-order valence-corrected chi connectivity index (χ1v) is 6.34. The van der Waals surface area contributed by atoms with Crippen LogP contribution in [0.4, 0.5) is 5.69 Å². The van der Waals surface area contributed by atoms with Crippen LogP contribution >= 0.6 is 15.9 Å². The van der Waals surface area contributed by atoms with Crippen LogP contribution < -0.4 is 10.6 Å². The van der Waals surface area contributed by atoms with Crippen molar-refractivity contribution in [3.8, 4) is 5.75 Å². The lowest BCUT2D eigenvalue weighted by Gasteiger charge is -2.13. The molecule has 1 rings (SSSR count). The Kier molecular flexibility index (Phi) is 5.44. The van der Waals surface area contributed by atoms with Gasteiger partial charge in [0.1, 0.15) is 5.75 Å². The highest BCUT2D eigenvalue weighted by Gasteiger charge is 2.14. The van der Waals surface area contributed by atoms with Gasteiger partial charge >= 0.3 is 0 Å². The van der Waals surface area contributed by atoms with Gasteiger partial charge in [-0.25, -0.2) is 0 Å². The van der Waals surface area contributed by atoms with Crippen LogP contribution in [-0.2, 0) is 4.79 Å². The Labute approximate surface area is 110 Å². The maximum absolute atomic E-state index is 11.8. The second-order valence-electron chi connectivity index (χ2n) is 3.86. The summed E-state index contributed by atoms with van der Waals surface area (Å²) in [5.41, 5.74) is 0.424. The smallest absolute Gasteiger partial charge is 0.228 e. The van der Waals surface area contributed by atoms with E-state index in [1.165, 1.54) is 6.07 Å². The van der Waals surface area contributed by atoms with Gasteiger partial charge in [0.25, 0.3) is 0 Å². The van der Waals surface area contributed by atoms with E-state index in [2.05, 4.69) is 26.6 Å². The van der Waals surface area contributed by atoms with Crippen molar-refractivity contribution in [3.63, 3.8) is 0 Å². The molecule has 3 N–H and O–H groups in total. The lowest BCUT2D eigenvalue weighted by molar-refractivity contribution is -0.119. The standard InChI is InChI=1S/C12H17BrN2O2/c1-3-14-7-8(2)12(17)15-10-6-9(13)4-5-11(10)16/h4-6,8,14,16H,3,7H2,1-2H3,(H,15,17). The quantitative estimate of drug-likeness (QED) is 0.732. The van der Waals surface area contributed by atoms with Crippen molar-refractivity contribution >= 4 is 27.5 Å². The number of phenolic OH excluding ortho intramolecular Hbond substituents is 1. The van der Waals surface area contributed by atoms with Gasteiger partial charge in [0, 0.05) is 16.9 Å². The number of benzene rings is 1. The van der Waals surface area contributed by atoms with Gasteiger partial charge in [0.15, 0.2) is 0 Å². The minimum absolute atomic E-state index is 0.0669. The molecule has 17 heavy (non-hydrogen) atoms. The Bertz CT molecular complexity index is 396. The van der Waals surface area contributed by atoms with E-state index in [0.717, 1.165) is 11.0 Å². The number of hydrogen-bond acceptors (Lipinski definition) is 3. The Morgan fingerprint density at radius 2 is 2.24 bits per heavy atom. The van der Waals surface area contributed by atoms with Gasteiger partial charge in [-0.1, -0.05) is 29.8 Å². The Morgan fingerprint density at radius 1 is 1.53 bits per heavy atom. The van der Waals surface area contributed by atoms with Crippen molar-refractivity contribution in [2.24, 2.45) is 5.92 Å². The molecule has 0 aliphatic heterocycles. The van der Waals surface area contributed by atoms with Crippen molar-refractivity contribution in [1.29, 1.82) is 0 Å². The molecule has 1 atom stereocenters. The fourth-order valence-corrected chi connectivity index (χ4v) is 1.68. The van der Waals surface area contributed by atoms with Gasteiger partial charge in [0.2, 0.25) is 5.91 Å². The summed E-state index contributed by atoms with van der Waals surface area (Å²) in [6.07, 6.45) is 0. The van der Waals surface area contributed by atoms with Gasteiger partial charge < -0.3 is 15.7 Å². The number of anilines is 1. The molecule has 0 aliphatic carbocycles. The highest BCUT2D eigenvalue weighted by Crippen LogP contribution is 2.27. The summed E-state index contributed by atoms with van der Waals surface area (Å²) in [5, 5.41) is 15.4. The van der Waals surface area contributed by atoms with Crippen molar-refractivity contribution < 1.29 is 9.90 Å². The predicted molar refractivity (Wildman–Crippen MR) is 72.1 cm³/mol. The minimum Gasteiger partial charge on any atom is -0.506 e. The highest BCUT2D eigenvalue weighted by atomic mass is 79.9. The summed E-state index contributed by atoms with van der Waals surface area (Å²) in [6.45, 7) is 5.29. The fraction of sp³-hybridized carbons (Fsp3) is 0.417. The monoisotopic (exact) mass is 300 g/mol. The number of nitrogens with one attached hydrogen (secondary N) is 2. The second-order valence-corrected chi connectivity index (χ2v) is 4.78. The van der Waals surface area contributed by atoms with Crippen molar-refractivity contribution in [2.45, 2.75) is 13.8 Å². The van der Waals surface area contributed by atoms with Crippen LogP contribution in [0.3, 0.4) is 0 Å². The van der Waals surface area contributed by atoms with Crippen LogP contribution in [0.2, 0.25) is 0 Å². The van der Waals surface area contributed by atoms with Crippen molar-refractivity contribution in [1.82, 2.24) is 5.32 Å². The Hall–Kier alpha value is -1.07. The normalized spacial score (nSPS) is 12.2. The molecule has 94 valence electrons. The van der Waals surface area contributed by atoms with E-state index in [9.17, 15) is 9.90 Å². The van der Waals surface area contributed by atoms with E-state index in [1.807, 2.05) is 13.8 Å². The van der Waals surface area contributed by atoms with E-state index in [1.54, 1.807) is 12.1 Å². The molecule has 1 aromatic rings. The van der Waals surface area contributed by atoms with Gasteiger partial charge in [0.05, 0.1) is 5.69 Å². The number of rotatable bonds is 5. The van der Waals surface area contributed by atoms with Crippen LogP contribution in [0.15, 0.2) is 22.7 Å². The molecular weight excluding hydrogens is 284 g/mol. The third-order valence-corrected chi connectivity index (χ3v) is 2.86. The van der Waals surface area contributed by atoms with Gasteiger partial charge in [-0.2, -0.15) is 0 Å². The first-order valence-electron chi connectivity index (χ1n) is 5.54. The average Bonchev–Trinajstić information content (AvgIpc) is 2.30. The average molecular weight is 301 g/mol. The van der Waals surface area contributed by atoms with Crippen LogP contribution in [0, 0.1) is 5.92 Å². The molecule has 4 nitrogen and oxygen atoms in total. The largest absolute Gasteiger partial charge is 0.506 e. The summed E-state index contributed by atoms with van der Waals surface area (Å²) >= 11 is 3.29. The number of carbonyl (C=O) groups excluding carboxylic acids is 1. The summed E-state index contributed by atoms with van der Waals surface area (Å²) < 4.78 is 0.810. The molecule has 0 aliphatic rings. The number of amides is 1. The van der Waals surface area contributed by atoms with Gasteiger partial charge in [-0.15, -0.1) is 0 Å². The number of phenols is 1. The molecule has 1 aromatic carbocycles. The molecule has 0 aromatic heterocycles. The zero-order chi connectivity index (χ0) is 12.8. The number of aromatic hydroxyl groups is 1. The van der Waals surface area contributed by atoms with Crippen molar-refractivity contribution in [2.75, 3.05) is 18.4 Å². The Morgan fingerprint density at radius 3 is 2.88 bits per heavy atom. The molecule has 0 radical (unpaired) electrons. The zero-order valence-electron chi connectivity index (χ0n) is 9.96. The van der Waals surface area contributed by atoms with Gasteiger partial charge in [-0.3, -0.25) is 4.79 Å². The molecule has 0 saturated heterocycles. The van der Waals surface area contributed by atoms with Gasteiger partial charge in [-0.05, 0) is 24.7 Å². The first kappa shape index (κ1) is 14.0. The molecule has 5 heteroatoms. The maximum atomic E-state index is 11.8. The summed E-state index contributed by atoms with van der Waals surface area (Å²) in [4.78, 5) is 11.8.